The van der Waals surface area contributed by atoms with Gasteiger partial charge in [-0.15, -0.1) is 0 Å². The van der Waals surface area contributed by atoms with Crippen LogP contribution in [-0.2, 0) is 10.9 Å². The molecule has 2 nitrogen and oxygen atoms in total. The first-order valence-electron chi connectivity index (χ1n) is 6.32. The summed E-state index contributed by atoms with van der Waals surface area (Å²) in [6.07, 6.45) is -4.13. The van der Waals surface area contributed by atoms with E-state index in [4.69, 9.17) is 4.74 Å². The van der Waals surface area contributed by atoms with Gasteiger partial charge in [0.1, 0.15) is 0 Å². The molecule has 5 heteroatoms. The summed E-state index contributed by atoms with van der Waals surface area (Å²) in [5.41, 5.74) is -0.510. The van der Waals surface area contributed by atoms with E-state index in [1.807, 2.05) is 13.8 Å². The van der Waals surface area contributed by atoms with Crippen LogP contribution in [0, 0.1) is 0 Å². The molecule has 1 aromatic rings. The van der Waals surface area contributed by atoms with Gasteiger partial charge in [-0.05, 0) is 31.9 Å². The van der Waals surface area contributed by atoms with Crippen molar-refractivity contribution in [3.63, 3.8) is 0 Å². The van der Waals surface area contributed by atoms with Crippen LogP contribution >= 0.6 is 0 Å². The van der Waals surface area contributed by atoms with Gasteiger partial charge >= 0.3 is 6.18 Å². The predicted octanol–water partition coefficient (Wildman–Crippen LogP) is 3.54. The molecule has 0 radical (unpaired) electrons. The third-order valence-electron chi connectivity index (χ3n) is 3.43. The molecule has 0 aromatic heterocycles. The normalized spacial score (nSPS) is 23.9. The Morgan fingerprint density at radius 3 is 2.63 bits per heavy atom. The lowest BCUT2D eigenvalue weighted by atomic mass is 10.00. The van der Waals surface area contributed by atoms with Crippen molar-refractivity contribution in [2.24, 2.45) is 0 Å². The Bertz CT molecular complexity index is 443. The molecule has 1 atom stereocenters. The summed E-state index contributed by atoms with van der Waals surface area (Å²) in [5, 5.41) is 3.26. The summed E-state index contributed by atoms with van der Waals surface area (Å²) in [5.74, 6) is 0. The minimum Gasteiger partial charge on any atom is -0.372 e. The van der Waals surface area contributed by atoms with E-state index in [9.17, 15) is 13.2 Å². The average Bonchev–Trinajstić information content (AvgIpc) is 2.49. The van der Waals surface area contributed by atoms with E-state index in [0.717, 1.165) is 12.5 Å². The second-order valence-electron chi connectivity index (χ2n) is 5.46. The van der Waals surface area contributed by atoms with Crippen LogP contribution in [0.15, 0.2) is 24.3 Å². The van der Waals surface area contributed by atoms with Crippen molar-refractivity contribution in [2.45, 2.75) is 38.1 Å². The fourth-order valence-electron chi connectivity index (χ4n) is 2.21. The molecule has 1 N–H and O–H groups in total. The molecule has 0 bridgehead atoms. The average molecular weight is 273 g/mol. The topological polar surface area (TPSA) is 21.3 Å². The quantitative estimate of drug-likeness (QED) is 0.845. The monoisotopic (exact) mass is 273 g/mol. The van der Waals surface area contributed by atoms with Gasteiger partial charge in [0, 0.05) is 18.7 Å². The molecule has 1 unspecified atom stereocenters. The van der Waals surface area contributed by atoms with E-state index < -0.39 is 17.8 Å². The number of hydrogen-bond acceptors (Lipinski definition) is 2. The van der Waals surface area contributed by atoms with Crippen molar-refractivity contribution in [2.75, 3.05) is 13.2 Å². The minimum atomic E-state index is -4.35. The van der Waals surface area contributed by atoms with Crippen LogP contribution in [0.1, 0.15) is 37.5 Å². The lowest BCUT2D eigenvalue weighted by Gasteiger charge is -2.24. The Balaban J connectivity index is 2.27. The first-order valence-corrected chi connectivity index (χ1v) is 6.32. The first kappa shape index (κ1) is 14.3. The van der Waals surface area contributed by atoms with Gasteiger partial charge in [-0.1, -0.05) is 18.2 Å². The van der Waals surface area contributed by atoms with Crippen molar-refractivity contribution < 1.29 is 17.9 Å². The summed E-state index contributed by atoms with van der Waals surface area (Å²) >= 11 is 0. The largest absolute Gasteiger partial charge is 0.416 e. The maximum atomic E-state index is 13.0. The molecule has 0 spiro atoms. The number of alkyl halides is 3. The highest BCUT2D eigenvalue weighted by Gasteiger charge is 2.36. The van der Waals surface area contributed by atoms with Crippen LogP contribution in [0.4, 0.5) is 13.2 Å². The Morgan fingerprint density at radius 2 is 1.95 bits per heavy atom. The van der Waals surface area contributed by atoms with Crippen molar-refractivity contribution >= 4 is 0 Å². The molecule has 1 heterocycles. The first-order chi connectivity index (χ1) is 8.80. The van der Waals surface area contributed by atoms with E-state index in [2.05, 4.69) is 5.32 Å². The van der Waals surface area contributed by atoms with Crippen LogP contribution < -0.4 is 5.32 Å². The van der Waals surface area contributed by atoms with Gasteiger partial charge in [0.05, 0.1) is 11.7 Å². The van der Waals surface area contributed by atoms with Crippen LogP contribution in [0.5, 0.6) is 0 Å². The van der Waals surface area contributed by atoms with Crippen LogP contribution in [-0.4, -0.2) is 18.7 Å². The maximum Gasteiger partial charge on any atom is 0.416 e. The molecule has 1 aliphatic rings. The van der Waals surface area contributed by atoms with E-state index in [1.165, 1.54) is 12.1 Å². The number of rotatable bonds is 1. The fraction of sp³-hybridized carbons (Fsp3) is 0.571. The van der Waals surface area contributed by atoms with Crippen molar-refractivity contribution in [3.05, 3.63) is 35.4 Å². The molecule has 19 heavy (non-hydrogen) atoms. The van der Waals surface area contributed by atoms with Crippen LogP contribution in [0.3, 0.4) is 0 Å². The van der Waals surface area contributed by atoms with Gasteiger partial charge in [-0.2, -0.15) is 13.2 Å². The van der Waals surface area contributed by atoms with Crippen LogP contribution in [0.25, 0.3) is 0 Å². The zero-order valence-corrected chi connectivity index (χ0v) is 11.1. The third-order valence-corrected chi connectivity index (χ3v) is 3.43. The number of nitrogens with one attached hydrogen (secondary N) is 1. The number of hydrogen-bond donors (Lipinski definition) is 1. The SMILES string of the molecule is CC1(C)CCOC(c2ccccc2C(F)(F)F)CN1. The third kappa shape index (κ3) is 3.48. The minimum absolute atomic E-state index is 0.109. The lowest BCUT2D eigenvalue weighted by molar-refractivity contribution is -0.139. The van der Waals surface area contributed by atoms with Gasteiger partial charge in [-0.25, -0.2) is 0 Å². The summed E-state index contributed by atoms with van der Waals surface area (Å²) in [4.78, 5) is 0. The van der Waals surface area contributed by atoms with Crippen molar-refractivity contribution in [1.29, 1.82) is 0 Å². The van der Waals surface area contributed by atoms with E-state index in [0.29, 0.717) is 13.2 Å². The van der Waals surface area contributed by atoms with Gasteiger partial charge in [0.25, 0.3) is 0 Å². The molecule has 106 valence electrons. The molecule has 0 saturated carbocycles. The highest BCUT2D eigenvalue weighted by Crippen LogP contribution is 2.36. The Hall–Kier alpha value is -1.07. The Labute approximate surface area is 111 Å². The molecule has 2 rings (SSSR count). The molecule has 1 aromatic carbocycles. The summed E-state index contributed by atoms with van der Waals surface area (Å²) < 4.78 is 44.5. The highest BCUT2D eigenvalue weighted by atomic mass is 19.4. The number of ether oxygens (including phenoxy) is 1. The highest BCUT2D eigenvalue weighted by molar-refractivity contribution is 5.32. The molecule has 1 aliphatic heterocycles. The van der Waals surface area contributed by atoms with Crippen molar-refractivity contribution in [3.8, 4) is 0 Å². The zero-order chi connectivity index (χ0) is 14.1. The number of benzene rings is 1. The van der Waals surface area contributed by atoms with E-state index in [1.54, 1.807) is 6.07 Å². The van der Waals surface area contributed by atoms with E-state index >= 15 is 0 Å². The summed E-state index contributed by atoms with van der Waals surface area (Å²) in [7, 11) is 0. The van der Waals surface area contributed by atoms with E-state index in [-0.39, 0.29) is 11.1 Å². The molecular formula is C14H18F3NO. The molecule has 1 fully saturated rings. The second-order valence-corrected chi connectivity index (χ2v) is 5.46. The van der Waals surface area contributed by atoms with Gasteiger partial charge in [0.15, 0.2) is 0 Å². The van der Waals surface area contributed by atoms with Crippen LogP contribution in [0.2, 0.25) is 0 Å². The second kappa shape index (κ2) is 5.13. The summed E-state index contributed by atoms with van der Waals surface area (Å²) in [6, 6.07) is 5.62. The molecule has 0 aliphatic carbocycles. The smallest absolute Gasteiger partial charge is 0.372 e. The lowest BCUT2D eigenvalue weighted by Crippen LogP contribution is -2.39. The Morgan fingerprint density at radius 1 is 1.26 bits per heavy atom. The fourth-order valence-corrected chi connectivity index (χ4v) is 2.21. The summed E-state index contributed by atoms with van der Waals surface area (Å²) in [6.45, 7) is 4.89. The molecular weight excluding hydrogens is 255 g/mol. The number of halogens is 3. The predicted molar refractivity (Wildman–Crippen MR) is 66.8 cm³/mol. The Kier molecular flexibility index (Phi) is 3.87. The molecule has 1 saturated heterocycles. The standard InChI is InChI=1S/C14H18F3NO/c1-13(2)7-8-19-12(9-18-13)10-5-3-4-6-11(10)14(15,16)17/h3-6,12,18H,7-9H2,1-2H3. The maximum absolute atomic E-state index is 13.0. The van der Waals surface area contributed by atoms with Gasteiger partial charge < -0.3 is 10.1 Å². The van der Waals surface area contributed by atoms with Crippen molar-refractivity contribution in [1.82, 2.24) is 5.32 Å². The van der Waals surface area contributed by atoms with Gasteiger partial charge in [-0.3, -0.25) is 0 Å². The molecule has 0 amide bonds. The zero-order valence-electron chi connectivity index (χ0n) is 11.1. The van der Waals surface area contributed by atoms with Gasteiger partial charge in [0.2, 0.25) is 0 Å².